The Bertz CT molecular complexity index is 471. The molecule has 1 saturated carbocycles. The van der Waals surface area contributed by atoms with Gasteiger partial charge < -0.3 is 4.90 Å². The van der Waals surface area contributed by atoms with Crippen molar-refractivity contribution < 1.29 is 4.79 Å². The number of benzene rings is 1. The Labute approximate surface area is 136 Å². The molecule has 2 aliphatic carbocycles. The molecule has 0 radical (unpaired) electrons. The van der Waals surface area contributed by atoms with E-state index < -0.39 is 0 Å². The summed E-state index contributed by atoms with van der Waals surface area (Å²) in [5, 5.41) is 0.884. The van der Waals surface area contributed by atoms with Crippen molar-refractivity contribution in [2.24, 2.45) is 5.92 Å². The molecule has 21 heavy (non-hydrogen) atoms. The summed E-state index contributed by atoms with van der Waals surface area (Å²) in [7, 11) is 0. The number of carbonyl (C=O) groups excluding carboxylic acids is 1. The summed E-state index contributed by atoms with van der Waals surface area (Å²) in [6, 6.07) is 9.01. The van der Waals surface area contributed by atoms with E-state index in [9.17, 15) is 4.79 Å². The summed E-state index contributed by atoms with van der Waals surface area (Å²) in [5.41, 5.74) is 2.75. The average Bonchev–Trinajstić information content (AvgIpc) is 2.97. The minimum atomic E-state index is 0.170. The Morgan fingerprint density at radius 2 is 1.71 bits per heavy atom. The van der Waals surface area contributed by atoms with Gasteiger partial charge in [0.15, 0.2) is 0 Å². The molecule has 3 rings (SSSR count). The molecule has 0 spiro atoms. The minimum Gasteiger partial charge on any atom is -0.339 e. The number of hydrogen-bond acceptors (Lipinski definition) is 1. The van der Waals surface area contributed by atoms with Crippen molar-refractivity contribution in [3.8, 4) is 0 Å². The first-order chi connectivity index (χ1) is 10.3. The molecule has 114 valence electrons. The molecule has 1 fully saturated rings. The van der Waals surface area contributed by atoms with Crippen LogP contribution in [0.1, 0.15) is 43.2 Å². The molecule has 0 unspecified atom stereocenters. The second-order valence-corrected chi connectivity index (χ2v) is 7.18. The zero-order valence-corrected chi connectivity index (χ0v) is 14.1. The number of carbonyl (C=O) groups is 1. The lowest BCUT2D eigenvalue weighted by atomic mass is 9.92. The standard InChI is InChI=1S/C18H24BrNO/c19-10-11-20(17-8-2-1-3-9-17)18(21)16-12-14-6-4-5-7-15(14)13-16/h4-7,16-17H,1-3,8-13H2. The van der Waals surface area contributed by atoms with E-state index in [1.165, 1.54) is 43.2 Å². The number of fused-ring (bicyclic) bond motifs is 1. The van der Waals surface area contributed by atoms with E-state index in [2.05, 4.69) is 45.1 Å². The molecule has 1 amide bonds. The number of alkyl halides is 1. The maximum atomic E-state index is 13.0. The van der Waals surface area contributed by atoms with Gasteiger partial charge in [-0.25, -0.2) is 0 Å². The topological polar surface area (TPSA) is 20.3 Å². The predicted octanol–water partition coefficient (Wildman–Crippen LogP) is 3.96. The third kappa shape index (κ3) is 3.33. The van der Waals surface area contributed by atoms with Gasteiger partial charge in [0, 0.05) is 23.8 Å². The van der Waals surface area contributed by atoms with E-state index in [0.717, 1.165) is 24.7 Å². The largest absolute Gasteiger partial charge is 0.339 e. The molecule has 0 N–H and O–H groups in total. The minimum absolute atomic E-state index is 0.170. The van der Waals surface area contributed by atoms with E-state index in [1.54, 1.807) is 0 Å². The van der Waals surface area contributed by atoms with Crippen LogP contribution in [0.3, 0.4) is 0 Å². The average molecular weight is 350 g/mol. The highest BCUT2D eigenvalue weighted by Gasteiger charge is 2.33. The Balaban J connectivity index is 1.70. The fraction of sp³-hybridized carbons (Fsp3) is 0.611. The van der Waals surface area contributed by atoms with Crippen molar-refractivity contribution in [3.63, 3.8) is 0 Å². The van der Waals surface area contributed by atoms with Gasteiger partial charge in [0.05, 0.1) is 0 Å². The zero-order valence-electron chi connectivity index (χ0n) is 12.6. The quantitative estimate of drug-likeness (QED) is 0.753. The van der Waals surface area contributed by atoms with Crippen LogP contribution in [0.4, 0.5) is 0 Å². The van der Waals surface area contributed by atoms with E-state index in [1.807, 2.05) is 0 Å². The fourth-order valence-corrected chi connectivity index (χ4v) is 4.31. The highest BCUT2D eigenvalue weighted by atomic mass is 79.9. The Morgan fingerprint density at radius 1 is 1.10 bits per heavy atom. The number of nitrogens with zero attached hydrogens (tertiary/aromatic N) is 1. The zero-order chi connectivity index (χ0) is 14.7. The molecule has 0 saturated heterocycles. The number of halogens is 1. The monoisotopic (exact) mass is 349 g/mol. The highest BCUT2D eigenvalue weighted by Crippen LogP contribution is 2.30. The van der Waals surface area contributed by atoms with Gasteiger partial charge >= 0.3 is 0 Å². The van der Waals surface area contributed by atoms with Crippen molar-refractivity contribution >= 4 is 21.8 Å². The molecule has 0 bridgehead atoms. The molecule has 1 aromatic rings. The maximum absolute atomic E-state index is 13.0. The first-order valence-corrected chi connectivity index (χ1v) is 9.35. The molecule has 3 heteroatoms. The summed E-state index contributed by atoms with van der Waals surface area (Å²) < 4.78 is 0. The number of hydrogen-bond donors (Lipinski definition) is 0. The lowest BCUT2D eigenvalue weighted by Gasteiger charge is -2.35. The fourth-order valence-electron chi connectivity index (χ4n) is 3.92. The molecule has 1 aromatic carbocycles. The van der Waals surface area contributed by atoms with Gasteiger partial charge in [-0.1, -0.05) is 59.5 Å². The van der Waals surface area contributed by atoms with Gasteiger partial charge in [0.2, 0.25) is 5.91 Å². The van der Waals surface area contributed by atoms with Crippen molar-refractivity contribution in [1.82, 2.24) is 4.90 Å². The van der Waals surface area contributed by atoms with Crippen LogP contribution in [0, 0.1) is 5.92 Å². The van der Waals surface area contributed by atoms with Crippen LogP contribution in [-0.2, 0) is 17.6 Å². The van der Waals surface area contributed by atoms with E-state index in [4.69, 9.17) is 0 Å². The van der Waals surface area contributed by atoms with Crippen LogP contribution in [0.5, 0.6) is 0 Å². The summed E-state index contributed by atoms with van der Waals surface area (Å²) in [6.45, 7) is 0.857. The predicted molar refractivity (Wildman–Crippen MR) is 89.7 cm³/mol. The molecule has 0 heterocycles. The Hall–Kier alpha value is -0.830. The maximum Gasteiger partial charge on any atom is 0.226 e. The second-order valence-electron chi connectivity index (χ2n) is 6.39. The van der Waals surface area contributed by atoms with Crippen LogP contribution in [-0.4, -0.2) is 28.7 Å². The molecule has 0 atom stereocenters. The number of rotatable bonds is 4. The lowest BCUT2D eigenvalue weighted by molar-refractivity contribution is -0.138. The molecule has 0 aromatic heterocycles. The van der Waals surface area contributed by atoms with Crippen molar-refractivity contribution in [1.29, 1.82) is 0 Å². The van der Waals surface area contributed by atoms with Crippen molar-refractivity contribution in [2.45, 2.75) is 51.0 Å². The first kappa shape index (κ1) is 15.1. The van der Waals surface area contributed by atoms with Crippen molar-refractivity contribution in [3.05, 3.63) is 35.4 Å². The molecule has 2 nitrogen and oxygen atoms in total. The van der Waals surface area contributed by atoms with E-state index in [0.29, 0.717) is 11.9 Å². The third-order valence-corrected chi connectivity index (χ3v) is 5.38. The molecule has 0 aliphatic heterocycles. The van der Waals surface area contributed by atoms with Gasteiger partial charge in [0.25, 0.3) is 0 Å². The van der Waals surface area contributed by atoms with Gasteiger partial charge in [-0.15, -0.1) is 0 Å². The van der Waals surface area contributed by atoms with Gasteiger partial charge in [-0.2, -0.15) is 0 Å². The molecular weight excluding hydrogens is 326 g/mol. The first-order valence-electron chi connectivity index (χ1n) is 8.23. The molecule has 2 aliphatic rings. The van der Waals surface area contributed by atoms with E-state index >= 15 is 0 Å². The highest BCUT2D eigenvalue weighted by molar-refractivity contribution is 9.09. The van der Waals surface area contributed by atoms with E-state index in [-0.39, 0.29) is 5.92 Å². The van der Waals surface area contributed by atoms with Crippen LogP contribution in [0.25, 0.3) is 0 Å². The van der Waals surface area contributed by atoms with Crippen LogP contribution in [0.2, 0.25) is 0 Å². The second kappa shape index (κ2) is 6.95. The summed E-state index contributed by atoms with van der Waals surface area (Å²) in [5.74, 6) is 0.556. The van der Waals surface area contributed by atoms with Crippen LogP contribution < -0.4 is 0 Å². The van der Waals surface area contributed by atoms with Crippen molar-refractivity contribution in [2.75, 3.05) is 11.9 Å². The molecular formula is C18H24BrNO. The summed E-state index contributed by atoms with van der Waals surface area (Å²) in [6.07, 6.45) is 8.14. The Kier molecular flexibility index (Phi) is 4.99. The summed E-state index contributed by atoms with van der Waals surface area (Å²) >= 11 is 3.53. The van der Waals surface area contributed by atoms with Crippen LogP contribution in [0.15, 0.2) is 24.3 Å². The summed E-state index contributed by atoms with van der Waals surface area (Å²) in [4.78, 5) is 15.2. The van der Waals surface area contributed by atoms with Gasteiger partial charge in [-0.05, 0) is 36.8 Å². The number of amides is 1. The van der Waals surface area contributed by atoms with Crippen LogP contribution >= 0.6 is 15.9 Å². The van der Waals surface area contributed by atoms with Gasteiger partial charge in [-0.3, -0.25) is 4.79 Å². The normalized spacial score (nSPS) is 19.5. The third-order valence-electron chi connectivity index (χ3n) is 5.02. The smallest absolute Gasteiger partial charge is 0.226 e. The lowest BCUT2D eigenvalue weighted by Crippen LogP contribution is -2.45. The Morgan fingerprint density at radius 3 is 2.29 bits per heavy atom. The van der Waals surface area contributed by atoms with Gasteiger partial charge in [0.1, 0.15) is 0 Å². The SMILES string of the molecule is O=C(C1Cc2ccccc2C1)N(CCBr)C1CCCCC1.